The molecule has 3 aromatic rings. The van der Waals surface area contributed by atoms with Gasteiger partial charge in [-0.15, -0.1) is 0 Å². The summed E-state index contributed by atoms with van der Waals surface area (Å²) in [5.74, 6) is 0.812. The molecule has 1 amide bonds. The highest BCUT2D eigenvalue weighted by Crippen LogP contribution is 2.29. The van der Waals surface area contributed by atoms with Gasteiger partial charge in [0, 0.05) is 36.7 Å². The van der Waals surface area contributed by atoms with E-state index in [-0.39, 0.29) is 5.91 Å². The summed E-state index contributed by atoms with van der Waals surface area (Å²) >= 11 is 0. The molecule has 0 aliphatic carbocycles. The third-order valence-electron chi connectivity index (χ3n) is 4.79. The average molecular weight is 359 g/mol. The Hall–Kier alpha value is -3.34. The largest absolute Gasteiger partial charge is 0.496 e. The molecular formula is C22H21N3O2. The Labute approximate surface area is 158 Å². The molecule has 0 atom stereocenters. The Bertz CT molecular complexity index is 971. The summed E-state index contributed by atoms with van der Waals surface area (Å²) in [4.78, 5) is 19.1. The average Bonchev–Trinajstić information content (AvgIpc) is 3.16. The summed E-state index contributed by atoms with van der Waals surface area (Å²) in [5, 5.41) is 3.33. The standard InChI is InChI=1S/C22H21N3O2/c1-27-21-9-5-3-7-17(21)14-24-19-12-18(13-23-15-19)22(26)25-11-10-16-6-2-4-8-20(16)25/h2-9,12-13,15,24H,10-11,14H2,1H3. The molecule has 1 aromatic heterocycles. The first-order valence-electron chi connectivity index (χ1n) is 8.97. The molecule has 0 spiro atoms. The molecular weight excluding hydrogens is 338 g/mol. The molecule has 0 saturated carbocycles. The van der Waals surface area contributed by atoms with E-state index in [0.717, 1.165) is 29.1 Å². The Morgan fingerprint density at radius 3 is 2.85 bits per heavy atom. The first-order chi connectivity index (χ1) is 13.3. The molecule has 1 aliphatic heterocycles. The van der Waals surface area contributed by atoms with Crippen LogP contribution in [-0.2, 0) is 13.0 Å². The van der Waals surface area contributed by atoms with Gasteiger partial charge >= 0.3 is 0 Å². The van der Waals surface area contributed by atoms with Crippen LogP contribution < -0.4 is 15.0 Å². The van der Waals surface area contributed by atoms with E-state index in [0.29, 0.717) is 18.7 Å². The highest BCUT2D eigenvalue weighted by Gasteiger charge is 2.25. The number of hydrogen-bond donors (Lipinski definition) is 1. The second kappa shape index (κ2) is 7.50. The quantitative estimate of drug-likeness (QED) is 0.751. The topological polar surface area (TPSA) is 54.5 Å². The number of aromatic nitrogens is 1. The number of nitrogens with zero attached hydrogens (tertiary/aromatic N) is 2. The SMILES string of the molecule is COc1ccccc1CNc1cncc(C(=O)N2CCc3ccccc32)c1. The molecule has 5 heteroatoms. The minimum Gasteiger partial charge on any atom is -0.496 e. The number of carbonyl (C=O) groups is 1. The highest BCUT2D eigenvalue weighted by molar-refractivity contribution is 6.07. The monoisotopic (exact) mass is 359 g/mol. The zero-order chi connectivity index (χ0) is 18.6. The third-order valence-corrected chi connectivity index (χ3v) is 4.79. The molecule has 2 heterocycles. The van der Waals surface area contributed by atoms with Crippen LogP contribution in [0.2, 0.25) is 0 Å². The molecule has 0 fully saturated rings. The van der Waals surface area contributed by atoms with Crippen molar-refractivity contribution in [3.63, 3.8) is 0 Å². The first kappa shape index (κ1) is 17.1. The zero-order valence-electron chi connectivity index (χ0n) is 15.2. The lowest BCUT2D eigenvalue weighted by atomic mass is 10.1. The number of nitrogens with one attached hydrogen (secondary N) is 1. The van der Waals surface area contributed by atoms with Gasteiger partial charge in [0.2, 0.25) is 0 Å². The van der Waals surface area contributed by atoms with Crippen LogP contribution in [0.25, 0.3) is 0 Å². The summed E-state index contributed by atoms with van der Waals surface area (Å²) in [6.45, 7) is 1.30. The molecule has 1 aliphatic rings. The number of ether oxygens (including phenoxy) is 1. The fourth-order valence-electron chi connectivity index (χ4n) is 3.40. The lowest BCUT2D eigenvalue weighted by Gasteiger charge is -2.17. The van der Waals surface area contributed by atoms with Gasteiger partial charge in [-0.25, -0.2) is 0 Å². The number of hydrogen-bond acceptors (Lipinski definition) is 4. The maximum absolute atomic E-state index is 13.0. The van der Waals surface area contributed by atoms with E-state index in [9.17, 15) is 4.79 Å². The molecule has 2 aromatic carbocycles. The van der Waals surface area contributed by atoms with Crippen LogP contribution in [0.4, 0.5) is 11.4 Å². The summed E-state index contributed by atoms with van der Waals surface area (Å²) in [6.07, 6.45) is 4.24. The smallest absolute Gasteiger partial charge is 0.259 e. The van der Waals surface area contributed by atoms with E-state index in [1.165, 1.54) is 5.56 Å². The van der Waals surface area contributed by atoms with Gasteiger partial charge in [-0.2, -0.15) is 0 Å². The molecule has 1 N–H and O–H groups in total. The van der Waals surface area contributed by atoms with Crippen LogP contribution in [0.15, 0.2) is 67.0 Å². The van der Waals surface area contributed by atoms with Crippen molar-refractivity contribution < 1.29 is 9.53 Å². The van der Waals surface area contributed by atoms with Gasteiger partial charge in [0.1, 0.15) is 5.75 Å². The van der Waals surface area contributed by atoms with Crippen molar-refractivity contribution in [2.45, 2.75) is 13.0 Å². The van der Waals surface area contributed by atoms with Gasteiger partial charge in [0.15, 0.2) is 0 Å². The number of para-hydroxylation sites is 2. The molecule has 0 saturated heterocycles. The Morgan fingerprint density at radius 1 is 1.15 bits per heavy atom. The van der Waals surface area contributed by atoms with E-state index < -0.39 is 0 Å². The van der Waals surface area contributed by atoms with Gasteiger partial charge in [-0.3, -0.25) is 9.78 Å². The van der Waals surface area contributed by atoms with Crippen molar-refractivity contribution >= 4 is 17.3 Å². The zero-order valence-corrected chi connectivity index (χ0v) is 15.2. The number of rotatable bonds is 5. The van der Waals surface area contributed by atoms with Crippen LogP contribution in [0.5, 0.6) is 5.75 Å². The molecule has 27 heavy (non-hydrogen) atoms. The minimum absolute atomic E-state index is 0.0200. The predicted molar refractivity (Wildman–Crippen MR) is 106 cm³/mol. The molecule has 0 bridgehead atoms. The fraction of sp³-hybridized carbons (Fsp3) is 0.182. The van der Waals surface area contributed by atoms with Crippen LogP contribution in [-0.4, -0.2) is 24.5 Å². The number of fused-ring (bicyclic) bond motifs is 1. The van der Waals surface area contributed by atoms with Crippen molar-refractivity contribution in [1.29, 1.82) is 0 Å². The van der Waals surface area contributed by atoms with E-state index in [1.807, 2.05) is 53.4 Å². The van der Waals surface area contributed by atoms with E-state index in [4.69, 9.17) is 4.74 Å². The Morgan fingerprint density at radius 2 is 1.96 bits per heavy atom. The summed E-state index contributed by atoms with van der Waals surface area (Å²) in [6, 6.07) is 17.8. The Balaban J connectivity index is 1.50. The molecule has 136 valence electrons. The van der Waals surface area contributed by atoms with Crippen molar-refractivity contribution in [2.75, 3.05) is 23.9 Å². The summed E-state index contributed by atoms with van der Waals surface area (Å²) in [7, 11) is 1.66. The second-order valence-electron chi connectivity index (χ2n) is 6.46. The minimum atomic E-state index is -0.0200. The van der Waals surface area contributed by atoms with Gasteiger partial charge in [0.25, 0.3) is 5.91 Å². The second-order valence-corrected chi connectivity index (χ2v) is 6.46. The number of benzene rings is 2. The van der Waals surface area contributed by atoms with Gasteiger partial charge in [0.05, 0.1) is 18.4 Å². The van der Waals surface area contributed by atoms with Gasteiger partial charge in [-0.05, 0) is 30.2 Å². The predicted octanol–water partition coefficient (Wildman–Crippen LogP) is 3.91. The molecule has 0 unspecified atom stereocenters. The van der Waals surface area contributed by atoms with Crippen LogP contribution in [0.1, 0.15) is 21.5 Å². The molecule has 5 nitrogen and oxygen atoms in total. The molecule has 4 rings (SSSR count). The van der Waals surface area contributed by atoms with Crippen molar-refractivity contribution in [1.82, 2.24) is 4.98 Å². The lowest BCUT2D eigenvalue weighted by Crippen LogP contribution is -2.29. The van der Waals surface area contributed by atoms with Crippen LogP contribution >= 0.6 is 0 Å². The maximum atomic E-state index is 13.0. The van der Waals surface area contributed by atoms with Crippen LogP contribution in [0.3, 0.4) is 0 Å². The number of pyridine rings is 1. The van der Waals surface area contributed by atoms with Crippen molar-refractivity contribution in [3.05, 3.63) is 83.7 Å². The Kier molecular flexibility index (Phi) is 4.75. The lowest BCUT2D eigenvalue weighted by molar-refractivity contribution is 0.0989. The number of methoxy groups -OCH3 is 1. The summed E-state index contributed by atoms with van der Waals surface area (Å²) < 4.78 is 5.38. The number of carbonyl (C=O) groups excluding carboxylic acids is 1. The number of anilines is 2. The highest BCUT2D eigenvalue weighted by atomic mass is 16.5. The van der Waals surface area contributed by atoms with Crippen LogP contribution in [0, 0.1) is 0 Å². The number of amides is 1. The normalized spacial score (nSPS) is 12.6. The van der Waals surface area contributed by atoms with Crippen molar-refractivity contribution in [2.24, 2.45) is 0 Å². The maximum Gasteiger partial charge on any atom is 0.259 e. The van der Waals surface area contributed by atoms with Gasteiger partial charge < -0.3 is 15.0 Å². The summed E-state index contributed by atoms with van der Waals surface area (Å²) in [5.41, 5.74) is 4.64. The first-order valence-corrected chi connectivity index (χ1v) is 8.97. The van der Waals surface area contributed by atoms with Gasteiger partial charge in [-0.1, -0.05) is 36.4 Å². The van der Waals surface area contributed by atoms with E-state index >= 15 is 0 Å². The third kappa shape index (κ3) is 3.49. The molecule has 0 radical (unpaired) electrons. The fourth-order valence-corrected chi connectivity index (χ4v) is 3.40. The van der Waals surface area contributed by atoms with E-state index in [2.05, 4.69) is 16.4 Å². The van der Waals surface area contributed by atoms with E-state index in [1.54, 1.807) is 19.5 Å². The van der Waals surface area contributed by atoms with Crippen molar-refractivity contribution in [3.8, 4) is 5.75 Å².